The van der Waals surface area contributed by atoms with Gasteiger partial charge in [0.15, 0.2) is 0 Å². The second-order valence-corrected chi connectivity index (χ2v) is 8.25. The van der Waals surface area contributed by atoms with E-state index in [2.05, 4.69) is 45.2 Å². The molecule has 1 aliphatic carbocycles. The van der Waals surface area contributed by atoms with Gasteiger partial charge in [-0.1, -0.05) is 34.1 Å². The smallest absolute Gasteiger partial charge is 0.251 e. The van der Waals surface area contributed by atoms with Gasteiger partial charge in [-0.25, -0.2) is 0 Å². The summed E-state index contributed by atoms with van der Waals surface area (Å²) < 4.78 is 1.04. The average Bonchev–Trinajstić information content (AvgIpc) is 3.05. The van der Waals surface area contributed by atoms with Crippen LogP contribution >= 0.6 is 15.9 Å². The minimum Gasteiger partial charge on any atom is -0.322 e. The first kappa shape index (κ1) is 17.1. The van der Waals surface area contributed by atoms with E-state index in [0.29, 0.717) is 5.56 Å². The molecule has 3 aromatic rings. The standard InChI is InChI=1S/C22H19BrN2O/c1-13-9-15-3-6-16(10-20(15)25-21(13)26)22(2,12-24)19-8-5-14-4-7-17(23)11-18(14)19/h3-4,6-7,9-11,19H,5,8H2,1-2H3,(H,25,26)/t19-,22-/m0/s1. The van der Waals surface area contributed by atoms with Crippen molar-refractivity contribution in [3.63, 3.8) is 0 Å². The molecule has 2 aromatic carbocycles. The van der Waals surface area contributed by atoms with Crippen molar-refractivity contribution in [3.8, 4) is 6.07 Å². The Bertz CT molecular complexity index is 1130. The second-order valence-electron chi connectivity index (χ2n) is 7.33. The van der Waals surface area contributed by atoms with E-state index in [1.54, 1.807) is 6.92 Å². The van der Waals surface area contributed by atoms with E-state index in [4.69, 9.17) is 0 Å². The highest BCUT2D eigenvalue weighted by atomic mass is 79.9. The van der Waals surface area contributed by atoms with Gasteiger partial charge in [-0.3, -0.25) is 4.79 Å². The monoisotopic (exact) mass is 406 g/mol. The molecule has 2 atom stereocenters. The Morgan fingerprint density at radius 3 is 2.81 bits per heavy atom. The molecule has 4 heteroatoms. The highest BCUT2D eigenvalue weighted by Crippen LogP contribution is 2.47. The van der Waals surface area contributed by atoms with Crippen LogP contribution in [0.25, 0.3) is 10.9 Å². The second kappa shape index (κ2) is 6.10. The third kappa shape index (κ3) is 2.59. The first-order valence-electron chi connectivity index (χ1n) is 8.76. The summed E-state index contributed by atoms with van der Waals surface area (Å²) in [7, 11) is 0. The average molecular weight is 407 g/mol. The summed E-state index contributed by atoms with van der Waals surface area (Å²) in [6.45, 7) is 3.82. The molecule has 130 valence electrons. The van der Waals surface area contributed by atoms with Gasteiger partial charge in [-0.2, -0.15) is 5.26 Å². The SMILES string of the molecule is Cc1cc2ccc([C@](C)(C#N)[C@H]3CCc4ccc(Br)cc43)cc2[nH]c1=O. The zero-order valence-electron chi connectivity index (χ0n) is 14.8. The summed E-state index contributed by atoms with van der Waals surface area (Å²) in [4.78, 5) is 14.9. The number of benzene rings is 2. The predicted octanol–water partition coefficient (Wildman–Crippen LogP) is 5.11. The zero-order valence-corrected chi connectivity index (χ0v) is 16.4. The molecule has 0 saturated heterocycles. The van der Waals surface area contributed by atoms with Gasteiger partial charge in [0, 0.05) is 21.5 Å². The van der Waals surface area contributed by atoms with E-state index in [1.165, 1.54) is 11.1 Å². The molecule has 0 fully saturated rings. The van der Waals surface area contributed by atoms with E-state index >= 15 is 0 Å². The van der Waals surface area contributed by atoms with E-state index in [1.807, 2.05) is 31.2 Å². The minimum atomic E-state index is -0.651. The van der Waals surface area contributed by atoms with Crippen molar-refractivity contribution in [2.45, 2.75) is 38.0 Å². The van der Waals surface area contributed by atoms with Crippen LogP contribution in [0.15, 0.2) is 51.7 Å². The fourth-order valence-corrected chi connectivity index (χ4v) is 4.53. The van der Waals surface area contributed by atoms with Crippen molar-refractivity contribution in [1.29, 1.82) is 5.26 Å². The van der Waals surface area contributed by atoms with Crippen molar-refractivity contribution >= 4 is 26.8 Å². The molecule has 0 amide bonds. The summed E-state index contributed by atoms with van der Waals surface area (Å²) in [5, 5.41) is 11.1. The third-order valence-electron chi connectivity index (χ3n) is 5.75. The molecule has 0 radical (unpaired) electrons. The number of H-pyrrole nitrogens is 1. The molecular weight excluding hydrogens is 388 g/mol. The molecule has 1 N–H and O–H groups in total. The largest absolute Gasteiger partial charge is 0.322 e. The minimum absolute atomic E-state index is 0.0801. The topological polar surface area (TPSA) is 56.6 Å². The lowest BCUT2D eigenvalue weighted by molar-refractivity contribution is 0.469. The van der Waals surface area contributed by atoms with Crippen LogP contribution < -0.4 is 5.56 Å². The van der Waals surface area contributed by atoms with E-state index in [9.17, 15) is 10.1 Å². The van der Waals surface area contributed by atoms with Gasteiger partial charge in [0.1, 0.15) is 0 Å². The molecule has 0 spiro atoms. The number of fused-ring (bicyclic) bond motifs is 2. The maximum absolute atomic E-state index is 12.0. The Hall–Kier alpha value is -2.38. The number of aromatic nitrogens is 1. The summed E-state index contributed by atoms with van der Waals surface area (Å²) in [5.74, 6) is 0.134. The molecule has 0 aliphatic heterocycles. The molecule has 4 rings (SSSR count). The van der Waals surface area contributed by atoms with Crippen molar-refractivity contribution < 1.29 is 0 Å². The molecule has 26 heavy (non-hydrogen) atoms. The maximum Gasteiger partial charge on any atom is 0.251 e. The lowest BCUT2D eigenvalue weighted by Crippen LogP contribution is -2.27. The van der Waals surface area contributed by atoms with Crippen molar-refractivity contribution in [3.05, 3.63) is 79.5 Å². The quantitative estimate of drug-likeness (QED) is 0.642. The van der Waals surface area contributed by atoms with Crippen molar-refractivity contribution in [2.75, 3.05) is 0 Å². The van der Waals surface area contributed by atoms with Crippen LogP contribution in [0.4, 0.5) is 0 Å². The highest BCUT2D eigenvalue weighted by molar-refractivity contribution is 9.10. The third-order valence-corrected chi connectivity index (χ3v) is 6.24. The number of aromatic amines is 1. The van der Waals surface area contributed by atoms with Gasteiger partial charge < -0.3 is 4.98 Å². The first-order valence-corrected chi connectivity index (χ1v) is 9.55. The molecule has 0 saturated carbocycles. The maximum atomic E-state index is 12.0. The zero-order chi connectivity index (χ0) is 18.5. The van der Waals surface area contributed by atoms with Crippen LogP contribution in [0.2, 0.25) is 0 Å². The number of hydrogen-bond acceptors (Lipinski definition) is 2. The highest BCUT2D eigenvalue weighted by Gasteiger charge is 2.41. The number of hydrogen-bond donors (Lipinski definition) is 1. The van der Waals surface area contributed by atoms with E-state index in [0.717, 1.165) is 33.8 Å². The van der Waals surface area contributed by atoms with Gasteiger partial charge >= 0.3 is 0 Å². The lowest BCUT2D eigenvalue weighted by atomic mass is 9.70. The predicted molar refractivity (Wildman–Crippen MR) is 107 cm³/mol. The van der Waals surface area contributed by atoms with Crippen LogP contribution in [-0.4, -0.2) is 4.98 Å². The summed E-state index contributed by atoms with van der Waals surface area (Å²) in [6.07, 6.45) is 1.95. The number of halogens is 1. The Morgan fingerprint density at radius 2 is 2.04 bits per heavy atom. The van der Waals surface area contributed by atoms with Crippen molar-refractivity contribution in [1.82, 2.24) is 4.98 Å². The van der Waals surface area contributed by atoms with Crippen LogP contribution in [0, 0.1) is 18.3 Å². The molecule has 1 aliphatic rings. The lowest BCUT2D eigenvalue weighted by Gasteiger charge is -2.30. The van der Waals surface area contributed by atoms with Crippen molar-refractivity contribution in [2.24, 2.45) is 0 Å². The fraction of sp³-hybridized carbons (Fsp3) is 0.273. The Balaban J connectivity index is 1.86. The molecule has 3 nitrogen and oxygen atoms in total. The van der Waals surface area contributed by atoms with Crippen LogP contribution in [0.5, 0.6) is 0 Å². The first-order chi connectivity index (χ1) is 12.4. The number of aryl methyl sites for hydroxylation is 2. The normalized spacial score (nSPS) is 18.3. The van der Waals surface area contributed by atoms with Crippen LogP contribution in [0.1, 0.15) is 41.5 Å². The number of nitrogens with zero attached hydrogens (tertiary/aromatic N) is 1. The Labute approximate surface area is 160 Å². The summed E-state index contributed by atoms with van der Waals surface area (Å²) in [5.41, 5.74) is 4.27. The van der Waals surface area contributed by atoms with Gasteiger partial charge in [0.05, 0.1) is 11.5 Å². The Morgan fingerprint density at radius 1 is 1.23 bits per heavy atom. The molecule has 1 aromatic heterocycles. The van der Waals surface area contributed by atoms with Gasteiger partial charge in [-0.05, 0) is 73.0 Å². The number of rotatable bonds is 2. The van der Waals surface area contributed by atoms with E-state index in [-0.39, 0.29) is 11.5 Å². The summed E-state index contributed by atoms with van der Waals surface area (Å²) in [6, 6.07) is 16.8. The molecule has 0 unspecified atom stereocenters. The van der Waals surface area contributed by atoms with Crippen LogP contribution in [-0.2, 0) is 11.8 Å². The van der Waals surface area contributed by atoms with Crippen LogP contribution in [0.3, 0.4) is 0 Å². The summed E-state index contributed by atoms with van der Waals surface area (Å²) >= 11 is 3.56. The fourth-order valence-electron chi connectivity index (χ4n) is 4.15. The molecular formula is C22H19BrN2O. The van der Waals surface area contributed by atoms with Gasteiger partial charge in [-0.15, -0.1) is 0 Å². The van der Waals surface area contributed by atoms with Gasteiger partial charge in [0.25, 0.3) is 5.56 Å². The number of nitriles is 1. The van der Waals surface area contributed by atoms with Gasteiger partial charge in [0.2, 0.25) is 0 Å². The Kier molecular flexibility index (Phi) is 4.00. The van der Waals surface area contributed by atoms with E-state index < -0.39 is 5.41 Å². The number of nitrogens with one attached hydrogen (secondary N) is 1. The number of pyridine rings is 1. The molecule has 1 heterocycles. The molecule has 0 bridgehead atoms.